The molecular formula is C15H25N3O. The Labute approximate surface area is 115 Å². The number of hydrogen-bond donors (Lipinski definition) is 1. The Kier molecular flexibility index (Phi) is 3.89. The predicted octanol–water partition coefficient (Wildman–Crippen LogP) is 2.51. The van der Waals surface area contributed by atoms with Crippen molar-refractivity contribution in [2.75, 3.05) is 6.61 Å². The maximum atomic E-state index is 5.88. The molecule has 0 bridgehead atoms. The van der Waals surface area contributed by atoms with Gasteiger partial charge in [0, 0.05) is 31.6 Å². The number of fused-ring (bicyclic) bond motifs is 1. The minimum atomic E-state index is 0.437. The smallest absolute Gasteiger partial charge is 0.125 e. The van der Waals surface area contributed by atoms with Crippen molar-refractivity contribution in [3.8, 4) is 0 Å². The molecule has 3 unspecified atom stereocenters. The molecule has 2 aliphatic heterocycles. The van der Waals surface area contributed by atoms with Crippen molar-refractivity contribution >= 4 is 0 Å². The van der Waals surface area contributed by atoms with Gasteiger partial charge in [0.15, 0.2) is 0 Å². The second-order valence-corrected chi connectivity index (χ2v) is 6.33. The van der Waals surface area contributed by atoms with Crippen molar-refractivity contribution < 1.29 is 4.74 Å². The average Bonchev–Trinajstić information content (AvgIpc) is 2.94. The zero-order valence-corrected chi connectivity index (χ0v) is 12.0. The van der Waals surface area contributed by atoms with Gasteiger partial charge in [0.2, 0.25) is 0 Å². The molecule has 0 amide bonds. The number of ether oxygens (including phenoxy) is 1. The van der Waals surface area contributed by atoms with Crippen molar-refractivity contribution in [2.24, 2.45) is 5.92 Å². The largest absolute Gasteiger partial charge is 0.378 e. The van der Waals surface area contributed by atoms with Crippen LogP contribution < -0.4 is 5.32 Å². The molecule has 3 rings (SSSR count). The quantitative estimate of drug-likeness (QED) is 0.907. The lowest BCUT2D eigenvalue weighted by molar-refractivity contribution is -0.0112. The van der Waals surface area contributed by atoms with E-state index in [0.717, 1.165) is 26.0 Å². The summed E-state index contributed by atoms with van der Waals surface area (Å²) in [5, 5.41) is 3.80. The molecule has 4 nitrogen and oxygen atoms in total. The minimum Gasteiger partial charge on any atom is -0.378 e. The third-order valence-corrected chi connectivity index (χ3v) is 4.26. The Morgan fingerprint density at radius 1 is 1.47 bits per heavy atom. The van der Waals surface area contributed by atoms with Crippen molar-refractivity contribution in [3.05, 3.63) is 18.2 Å². The van der Waals surface area contributed by atoms with E-state index in [4.69, 9.17) is 4.74 Å². The average molecular weight is 263 g/mol. The summed E-state index contributed by atoms with van der Waals surface area (Å²) in [6, 6.07) is 1.03. The first-order valence-corrected chi connectivity index (χ1v) is 7.61. The third-order valence-electron chi connectivity index (χ3n) is 4.26. The highest BCUT2D eigenvalue weighted by molar-refractivity contribution is 5.05. The van der Waals surface area contributed by atoms with Crippen LogP contribution in [0.2, 0.25) is 0 Å². The van der Waals surface area contributed by atoms with Gasteiger partial charge in [0.05, 0.1) is 12.1 Å². The van der Waals surface area contributed by atoms with Crippen LogP contribution in [0.5, 0.6) is 0 Å². The first-order chi connectivity index (χ1) is 9.22. The SMILES string of the molecule is CC(C)CC1CC(NC2CCn3ccnc32)CCO1. The molecule has 106 valence electrons. The zero-order valence-electron chi connectivity index (χ0n) is 12.0. The van der Waals surface area contributed by atoms with Crippen LogP contribution in [0.25, 0.3) is 0 Å². The molecule has 0 aliphatic carbocycles. The van der Waals surface area contributed by atoms with Gasteiger partial charge in [-0.25, -0.2) is 4.98 Å². The lowest BCUT2D eigenvalue weighted by Crippen LogP contribution is -2.40. The molecule has 4 heteroatoms. The van der Waals surface area contributed by atoms with Gasteiger partial charge in [-0.15, -0.1) is 0 Å². The third kappa shape index (κ3) is 3.00. The van der Waals surface area contributed by atoms with Crippen LogP contribution in [0, 0.1) is 5.92 Å². The lowest BCUT2D eigenvalue weighted by atomic mass is 9.95. The fraction of sp³-hybridized carbons (Fsp3) is 0.800. The molecule has 1 N–H and O–H groups in total. The van der Waals surface area contributed by atoms with Gasteiger partial charge >= 0.3 is 0 Å². The summed E-state index contributed by atoms with van der Waals surface area (Å²) in [6.07, 6.45) is 9.07. The molecule has 1 aromatic heterocycles. The molecule has 1 saturated heterocycles. The fourth-order valence-corrected chi connectivity index (χ4v) is 3.38. The first-order valence-electron chi connectivity index (χ1n) is 7.61. The van der Waals surface area contributed by atoms with Crippen molar-refractivity contribution in [3.63, 3.8) is 0 Å². The van der Waals surface area contributed by atoms with Gasteiger partial charge in [-0.3, -0.25) is 0 Å². The lowest BCUT2D eigenvalue weighted by Gasteiger charge is -2.32. The topological polar surface area (TPSA) is 39.1 Å². The summed E-state index contributed by atoms with van der Waals surface area (Å²) >= 11 is 0. The normalized spacial score (nSPS) is 30.8. The fourth-order valence-electron chi connectivity index (χ4n) is 3.38. The maximum Gasteiger partial charge on any atom is 0.125 e. The molecule has 1 aromatic rings. The summed E-state index contributed by atoms with van der Waals surface area (Å²) in [6.45, 7) is 6.55. The van der Waals surface area contributed by atoms with Gasteiger partial charge < -0.3 is 14.6 Å². The number of aromatic nitrogens is 2. The summed E-state index contributed by atoms with van der Waals surface area (Å²) in [5.41, 5.74) is 0. The number of rotatable bonds is 4. The number of hydrogen-bond acceptors (Lipinski definition) is 3. The second kappa shape index (κ2) is 5.63. The number of imidazole rings is 1. The van der Waals surface area contributed by atoms with E-state index in [1.165, 1.54) is 18.7 Å². The maximum absolute atomic E-state index is 5.88. The molecule has 0 saturated carbocycles. The van der Waals surface area contributed by atoms with Crippen LogP contribution in [0.3, 0.4) is 0 Å². The van der Waals surface area contributed by atoms with Crippen LogP contribution in [0.15, 0.2) is 12.4 Å². The van der Waals surface area contributed by atoms with Gasteiger partial charge in [0.1, 0.15) is 5.82 Å². The molecular weight excluding hydrogens is 238 g/mol. The van der Waals surface area contributed by atoms with Crippen LogP contribution in [-0.2, 0) is 11.3 Å². The van der Waals surface area contributed by atoms with Crippen LogP contribution in [-0.4, -0.2) is 28.3 Å². The van der Waals surface area contributed by atoms with Crippen molar-refractivity contribution in [1.82, 2.24) is 14.9 Å². The molecule has 0 radical (unpaired) electrons. The van der Waals surface area contributed by atoms with E-state index in [2.05, 4.69) is 34.9 Å². The Bertz CT molecular complexity index is 415. The standard InChI is InChI=1S/C15H25N3O/c1-11(2)9-13-10-12(4-8-19-13)17-14-3-6-18-7-5-16-15(14)18/h5,7,11-14,17H,3-4,6,8-10H2,1-2H3. The Hall–Kier alpha value is -0.870. The van der Waals surface area contributed by atoms with E-state index in [0.29, 0.717) is 24.1 Å². The molecule has 1 fully saturated rings. The van der Waals surface area contributed by atoms with E-state index in [1.54, 1.807) is 0 Å². The van der Waals surface area contributed by atoms with Crippen molar-refractivity contribution in [1.29, 1.82) is 0 Å². The van der Waals surface area contributed by atoms with Gasteiger partial charge in [-0.2, -0.15) is 0 Å². The molecule has 19 heavy (non-hydrogen) atoms. The van der Waals surface area contributed by atoms with Gasteiger partial charge in [-0.05, 0) is 31.6 Å². The Morgan fingerprint density at radius 2 is 2.37 bits per heavy atom. The predicted molar refractivity (Wildman–Crippen MR) is 74.9 cm³/mol. The Balaban J connectivity index is 1.56. The monoisotopic (exact) mass is 263 g/mol. The summed E-state index contributed by atoms with van der Waals surface area (Å²) in [7, 11) is 0. The summed E-state index contributed by atoms with van der Waals surface area (Å²) in [4.78, 5) is 4.48. The van der Waals surface area contributed by atoms with Gasteiger partial charge in [0.25, 0.3) is 0 Å². The zero-order chi connectivity index (χ0) is 13.2. The molecule has 0 spiro atoms. The van der Waals surface area contributed by atoms with Crippen LogP contribution in [0.4, 0.5) is 0 Å². The highest BCUT2D eigenvalue weighted by atomic mass is 16.5. The molecule has 2 aliphatic rings. The van der Waals surface area contributed by atoms with E-state index in [1.807, 2.05) is 6.20 Å². The number of nitrogens with one attached hydrogen (secondary N) is 1. The number of aryl methyl sites for hydroxylation is 1. The summed E-state index contributed by atoms with van der Waals surface area (Å²) < 4.78 is 8.14. The first kappa shape index (κ1) is 13.1. The van der Waals surface area contributed by atoms with E-state index in [-0.39, 0.29) is 0 Å². The highest BCUT2D eigenvalue weighted by Gasteiger charge is 2.29. The molecule has 0 aromatic carbocycles. The molecule has 3 atom stereocenters. The van der Waals surface area contributed by atoms with Crippen LogP contribution >= 0.6 is 0 Å². The number of nitrogens with zero attached hydrogens (tertiary/aromatic N) is 2. The molecule has 3 heterocycles. The minimum absolute atomic E-state index is 0.437. The van der Waals surface area contributed by atoms with Crippen molar-refractivity contribution in [2.45, 2.75) is 64.3 Å². The van der Waals surface area contributed by atoms with E-state index in [9.17, 15) is 0 Å². The Morgan fingerprint density at radius 3 is 3.21 bits per heavy atom. The highest BCUT2D eigenvalue weighted by Crippen LogP contribution is 2.27. The van der Waals surface area contributed by atoms with Crippen LogP contribution in [0.1, 0.15) is 51.4 Å². The van der Waals surface area contributed by atoms with E-state index >= 15 is 0 Å². The van der Waals surface area contributed by atoms with E-state index < -0.39 is 0 Å². The second-order valence-electron chi connectivity index (χ2n) is 6.33. The summed E-state index contributed by atoms with van der Waals surface area (Å²) in [5.74, 6) is 1.93. The van der Waals surface area contributed by atoms with Gasteiger partial charge in [-0.1, -0.05) is 13.8 Å².